The predicted molar refractivity (Wildman–Crippen MR) is 118 cm³/mol. The average Bonchev–Trinajstić information content (AvgIpc) is 3.50. The summed E-state index contributed by atoms with van der Waals surface area (Å²) in [4.78, 5) is 2.60. The van der Waals surface area contributed by atoms with Crippen molar-refractivity contribution >= 4 is 26.7 Å². The van der Waals surface area contributed by atoms with Crippen LogP contribution in [0.5, 0.6) is 0 Å². The fourth-order valence-electron chi connectivity index (χ4n) is 4.55. The first-order valence-corrected chi connectivity index (χ1v) is 12.6. The van der Waals surface area contributed by atoms with E-state index in [1.165, 1.54) is 19.3 Å². The first-order chi connectivity index (χ1) is 14.0. The minimum Gasteiger partial charge on any atom is -0.355 e. The monoisotopic (exact) mass is 418 g/mol. The number of nitrogens with zero attached hydrogens (tertiary/aromatic N) is 4. The van der Waals surface area contributed by atoms with Crippen LogP contribution in [0.3, 0.4) is 0 Å². The van der Waals surface area contributed by atoms with E-state index in [2.05, 4.69) is 23.4 Å². The maximum atomic E-state index is 13.4. The summed E-state index contributed by atoms with van der Waals surface area (Å²) in [5.41, 5.74) is 1.04. The zero-order chi connectivity index (χ0) is 20.6. The SMILES string of the molecule is CCN(CC)c1nn(CC2CC2)c2ccc(S(=O)(=O)N(C)C3CCCCC3)cc12. The number of sulfonamides is 1. The number of hydrogen-bond donors (Lipinski definition) is 0. The fraction of sp³-hybridized carbons (Fsp3) is 0.682. The fourth-order valence-corrected chi connectivity index (χ4v) is 5.99. The Morgan fingerprint density at radius 2 is 1.76 bits per heavy atom. The molecule has 0 aliphatic heterocycles. The number of aromatic nitrogens is 2. The van der Waals surface area contributed by atoms with Gasteiger partial charge in [0, 0.05) is 38.1 Å². The molecule has 0 amide bonds. The molecule has 0 unspecified atom stereocenters. The molecule has 7 heteroatoms. The van der Waals surface area contributed by atoms with Gasteiger partial charge in [0.15, 0.2) is 5.82 Å². The lowest BCUT2D eigenvalue weighted by atomic mass is 9.96. The topological polar surface area (TPSA) is 58.4 Å². The summed E-state index contributed by atoms with van der Waals surface area (Å²) in [5, 5.41) is 5.85. The van der Waals surface area contributed by atoms with Gasteiger partial charge in [0.25, 0.3) is 0 Å². The van der Waals surface area contributed by atoms with Crippen molar-refractivity contribution in [3.05, 3.63) is 18.2 Å². The molecule has 2 fully saturated rings. The summed E-state index contributed by atoms with van der Waals surface area (Å²) >= 11 is 0. The van der Waals surface area contributed by atoms with E-state index in [-0.39, 0.29) is 6.04 Å². The molecule has 0 radical (unpaired) electrons. The molecule has 1 aromatic carbocycles. The molecule has 0 bridgehead atoms. The molecule has 0 atom stereocenters. The zero-order valence-corrected chi connectivity index (χ0v) is 18.8. The Hall–Kier alpha value is -1.60. The minimum absolute atomic E-state index is 0.115. The summed E-state index contributed by atoms with van der Waals surface area (Å²) in [6.45, 7) is 6.86. The molecule has 160 valence electrons. The van der Waals surface area contributed by atoms with Crippen molar-refractivity contribution in [2.24, 2.45) is 5.92 Å². The largest absolute Gasteiger partial charge is 0.355 e. The first kappa shape index (κ1) is 20.7. The summed E-state index contributed by atoms with van der Waals surface area (Å²) in [5.74, 6) is 1.62. The van der Waals surface area contributed by atoms with Crippen molar-refractivity contribution in [3.8, 4) is 0 Å². The van der Waals surface area contributed by atoms with Crippen molar-refractivity contribution in [2.45, 2.75) is 76.3 Å². The first-order valence-electron chi connectivity index (χ1n) is 11.2. The molecule has 2 aliphatic rings. The van der Waals surface area contributed by atoms with Crippen LogP contribution >= 0.6 is 0 Å². The molecule has 6 nitrogen and oxygen atoms in total. The molecule has 1 heterocycles. The van der Waals surface area contributed by atoms with Crippen LogP contribution in [0.25, 0.3) is 10.9 Å². The van der Waals surface area contributed by atoms with E-state index in [1.54, 1.807) is 17.4 Å². The van der Waals surface area contributed by atoms with E-state index in [0.29, 0.717) is 10.8 Å². The molecule has 1 aromatic heterocycles. The van der Waals surface area contributed by atoms with Crippen LogP contribution < -0.4 is 4.90 Å². The smallest absolute Gasteiger partial charge is 0.243 e. The van der Waals surface area contributed by atoms with Crippen LogP contribution in [-0.4, -0.2) is 48.7 Å². The number of fused-ring (bicyclic) bond motifs is 1. The highest BCUT2D eigenvalue weighted by atomic mass is 32.2. The van der Waals surface area contributed by atoms with Gasteiger partial charge in [-0.15, -0.1) is 0 Å². The third kappa shape index (κ3) is 4.04. The lowest BCUT2D eigenvalue weighted by molar-refractivity contribution is 0.286. The summed E-state index contributed by atoms with van der Waals surface area (Å²) in [6, 6.07) is 5.70. The van der Waals surface area contributed by atoms with Gasteiger partial charge in [0.05, 0.1) is 10.4 Å². The second-order valence-electron chi connectivity index (χ2n) is 8.61. The Balaban J connectivity index is 1.74. The summed E-state index contributed by atoms with van der Waals surface area (Å²) in [6.07, 6.45) is 7.89. The highest BCUT2D eigenvalue weighted by Gasteiger charge is 2.30. The molecular formula is C22H34N4O2S. The van der Waals surface area contributed by atoms with E-state index >= 15 is 0 Å². The van der Waals surface area contributed by atoms with E-state index in [9.17, 15) is 8.42 Å². The van der Waals surface area contributed by atoms with E-state index < -0.39 is 10.0 Å². The van der Waals surface area contributed by atoms with Crippen molar-refractivity contribution in [3.63, 3.8) is 0 Å². The molecule has 2 aromatic rings. The number of anilines is 1. The molecule has 2 aliphatic carbocycles. The molecule has 0 N–H and O–H groups in total. The van der Waals surface area contributed by atoms with Gasteiger partial charge in [0.1, 0.15) is 0 Å². The molecule has 0 saturated heterocycles. The second-order valence-corrected chi connectivity index (χ2v) is 10.6. The highest BCUT2D eigenvalue weighted by Crippen LogP contribution is 2.35. The Bertz CT molecular complexity index is 955. The molecule has 0 spiro atoms. The highest BCUT2D eigenvalue weighted by molar-refractivity contribution is 7.89. The maximum absolute atomic E-state index is 13.4. The van der Waals surface area contributed by atoms with Crippen molar-refractivity contribution in [2.75, 3.05) is 25.0 Å². The zero-order valence-electron chi connectivity index (χ0n) is 18.0. The molecule has 4 rings (SSSR count). The number of rotatable bonds is 8. The van der Waals surface area contributed by atoms with Gasteiger partial charge >= 0.3 is 0 Å². The van der Waals surface area contributed by atoms with Crippen molar-refractivity contribution in [1.29, 1.82) is 0 Å². The van der Waals surface area contributed by atoms with Crippen LogP contribution in [0.15, 0.2) is 23.1 Å². The van der Waals surface area contributed by atoms with Gasteiger partial charge in [-0.25, -0.2) is 8.42 Å². The number of benzene rings is 1. The third-order valence-electron chi connectivity index (χ3n) is 6.66. The van der Waals surface area contributed by atoms with Gasteiger partial charge in [-0.05, 0) is 63.6 Å². The van der Waals surface area contributed by atoms with Gasteiger partial charge in [-0.2, -0.15) is 9.40 Å². The average molecular weight is 419 g/mol. The van der Waals surface area contributed by atoms with Crippen LogP contribution in [0.2, 0.25) is 0 Å². The lowest BCUT2D eigenvalue weighted by Crippen LogP contribution is -2.38. The quantitative estimate of drug-likeness (QED) is 0.643. The standard InChI is InChI=1S/C22H34N4O2S/c1-4-25(5-2)22-20-15-19(13-14-21(20)26(23-22)16-17-11-12-17)29(27,28)24(3)18-9-7-6-8-10-18/h13-15,17-18H,4-12,16H2,1-3H3. The molecule has 29 heavy (non-hydrogen) atoms. The Kier molecular flexibility index (Phi) is 5.89. The maximum Gasteiger partial charge on any atom is 0.243 e. The lowest BCUT2D eigenvalue weighted by Gasteiger charge is -2.30. The van der Waals surface area contributed by atoms with Crippen molar-refractivity contribution in [1.82, 2.24) is 14.1 Å². The van der Waals surface area contributed by atoms with Gasteiger partial charge in [0.2, 0.25) is 10.0 Å². The van der Waals surface area contributed by atoms with E-state index in [0.717, 1.165) is 62.0 Å². The Morgan fingerprint density at radius 3 is 2.38 bits per heavy atom. The van der Waals surface area contributed by atoms with Crippen LogP contribution in [0.1, 0.15) is 58.8 Å². The Morgan fingerprint density at radius 1 is 1.07 bits per heavy atom. The number of hydrogen-bond acceptors (Lipinski definition) is 4. The van der Waals surface area contributed by atoms with Gasteiger partial charge in [-0.3, -0.25) is 4.68 Å². The summed E-state index contributed by atoms with van der Waals surface area (Å²) in [7, 11) is -1.76. The van der Waals surface area contributed by atoms with Gasteiger partial charge in [-0.1, -0.05) is 19.3 Å². The second kappa shape index (κ2) is 8.26. The molecule has 2 saturated carbocycles. The minimum atomic E-state index is -3.51. The van der Waals surface area contributed by atoms with E-state index in [1.807, 2.05) is 12.1 Å². The molecular weight excluding hydrogens is 384 g/mol. The van der Waals surface area contributed by atoms with Crippen LogP contribution in [0, 0.1) is 5.92 Å². The normalized spacial score (nSPS) is 18.6. The Labute approximate surface area is 174 Å². The van der Waals surface area contributed by atoms with Crippen LogP contribution in [-0.2, 0) is 16.6 Å². The van der Waals surface area contributed by atoms with E-state index in [4.69, 9.17) is 5.10 Å². The summed E-state index contributed by atoms with van der Waals surface area (Å²) < 4.78 is 30.4. The predicted octanol–water partition coefficient (Wildman–Crippen LogP) is 4.25. The third-order valence-corrected chi connectivity index (χ3v) is 8.57. The van der Waals surface area contributed by atoms with Gasteiger partial charge < -0.3 is 4.90 Å². The van der Waals surface area contributed by atoms with Crippen molar-refractivity contribution < 1.29 is 8.42 Å². The van der Waals surface area contributed by atoms with Crippen LogP contribution in [0.4, 0.5) is 5.82 Å².